The Labute approximate surface area is 127 Å². The maximum Gasteiger partial charge on any atom is 0.262 e. The maximum atomic E-state index is 12.7. The van der Waals surface area contributed by atoms with Gasteiger partial charge in [0, 0.05) is 25.8 Å². The molecule has 2 N–H and O–H groups in total. The number of hydrogen-bond acceptors (Lipinski definition) is 4. The van der Waals surface area contributed by atoms with Crippen LogP contribution in [0.25, 0.3) is 0 Å². The van der Waals surface area contributed by atoms with Crippen molar-refractivity contribution in [3.63, 3.8) is 0 Å². The molecule has 1 aliphatic heterocycles. The van der Waals surface area contributed by atoms with Crippen LogP contribution < -0.4 is 5.73 Å². The SMILES string of the molecule is CCCn1cc(S(=O)(=O)N2CCCC(CCN)C2)nc1C. The highest BCUT2D eigenvalue weighted by atomic mass is 32.2. The lowest BCUT2D eigenvalue weighted by Gasteiger charge is -2.31. The normalized spacial score (nSPS) is 20.8. The maximum absolute atomic E-state index is 12.7. The van der Waals surface area contributed by atoms with Crippen molar-refractivity contribution in [3.8, 4) is 0 Å². The first-order valence-electron chi connectivity index (χ1n) is 7.73. The minimum absolute atomic E-state index is 0.182. The predicted octanol–water partition coefficient (Wildman–Crippen LogP) is 1.35. The van der Waals surface area contributed by atoms with Gasteiger partial charge in [0.15, 0.2) is 5.03 Å². The van der Waals surface area contributed by atoms with E-state index < -0.39 is 10.0 Å². The second-order valence-corrected chi connectivity index (χ2v) is 7.65. The van der Waals surface area contributed by atoms with Gasteiger partial charge >= 0.3 is 0 Å². The summed E-state index contributed by atoms with van der Waals surface area (Å²) in [7, 11) is -3.47. The fourth-order valence-electron chi connectivity index (χ4n) is 2.92. The molecule has 1 atom stereocenters. The molecule has 1 aliphatic rings. The van der Waals surface area contributed by atoms with Crippen LogP contribution in [0, 0.1) is 12.8 Å². The molecule has 1 saturated heterocycles. The molecule has 0 radical (unpaired) electrons. The molecule has 7 heteroatoms. The minimum atomic E-state index is -3.47. The van der Waals surface area contributed by atoms with Crippen molar-refractivity contribution >= 4 is 10.0 Å². The van der Waals surface area contributed by atoms with Crippen molar-refractivity contribution in [2.24, 2.45) is 11.7 Å². The van der Waals surface area contributed by atoms with Crippen molar-refractivity contribution in [1.82, 2.24) is 13.9 Å². The van der Waals surface area contributed by atoms with Crippen molar-refractivity contribution in [2.45, 2.75) is 51.1 Å². The quantitative estimate of drug-likeness (QED) is 0.859. The number of sulfonamides is 1. The third kappa shape index (κ3) is 3.64. The molecule has 0 bridgehead atoms. The van der Waals surface area contributed by atoms with E-state index >= 15 is 0 Å². The highest BCUT2D eigenvalue weighted by molar-refractivity contribution is 7.89. The smallest absolute Gasteiger partial charge is 0.262 e. The lowest BCUT2D eigenvalue weighted by molar-refractivity contribution is 0.257. The third-order valence-electron chi connectivity index (χ3n) is 4.08. The van der Waals surface area contributed by atoms with Gasteiger partial charge in [0.2, 0.25) is 0 Å². The van der Waals surface area contributed by atoms with Crippen LogP contribution >= 0.6 is 0 Å². The summed E-state index contributed by atoms with van der Waals surface area (Å²) >= 11 is 0. The van der Waals surface area contributed by atoms with Crippen LogP contribution in [0.4, 0.5) is 0 Å². The summed E-state index contributed by atoms with van der Waals surface area (Å²) in [5, 5.41) is 0.182. The largest absolute Gasteiger partial charge is 0.334 e. The zero-order valence-corrected chi connectivity index (χ0v) is 13.8. The van der Waals surface area contributed by atoms with Crippen molar-refractivity contribution in [1.29, 1.82) is 0 Å². The van der Waals surface area contributed by atoms with E-state index in [1.54, 1.807) is 10.5 Å². The first-order chi connectivity index (χ1) is 9.98. The lowest BCUT2D eigenvalue weighted by atomic mass is 9.96. The number of aryl methyl sites for hydroxylation is 2. The molecule has 1 unspecified atom stereocenters. The van der Waals surface area contributed by atoms with Crippen LogP contribution in [0.15, 0.2) is 11.2 Å². The molecule has 0 saturated carbocycles. The van der Waals surface area contributed by atoms with Gasteiger partial charge in [0.05, 0.1) is 0 Å². The first kappa shape index (κ1) is 16.5. The second kappa shape index (κ2) is 6.89. The number of imidazole rings is 1. The molecule has 6 nitrogen and oxygen atoms in total. The minimum Gasteiger partial charge on any atom is -0.334 e. The molecule has 21 heavy (non-hydrogen) atoms. The molecule has 0 aromatic carbocycles. The molecule has 1 fully saturated rings. The van der Waals surface area contributed by atoms with Crippen LogP contribution in [0.2, 0.25) is 0 Å². The number of rotatable bonds is 6. The van der Waals surface area contributed by atoms with Crippen molar-refractivity contribution < 1.29 is 8.42 Å². The van der Waals surface area contributed by atoms with Crippen LogP contribution in [-0.4, -0.2) is 41.9 Å². The number of piperidine rings is 1. The van der Waals surface area contributed by atoms with Gasteiger partial charge in [0.1, 0.15) is 5.82 Å². The molecular weight excluding hydrogens is 288 g/mol. The van der Waals surface area contributed by atoms with E-state index in [-0.39, 0.29) is 5.03 Å². The summed E-state index contributed by atoms with van der Waals surface area (Å²) in [5.74, 6) is 1.13. The van der Waals surface area contributed by atoms with Gasteiger partial charge in [-0.25, -0.2) is 13.4 Å². The number of aromatic nitrogens is 2. The van der Waals surface area contributed by atoms with E-state index in [1.807, 2.05) is 11.5 Å². The van der Waals surface area contributed by atoms with Crippen LogP contribution in [0.1, 0.15) is 38.4 Å². The lowest BCUT2D eigenvalue weighted by Crippen LogP contribution is -2.40. The summed E-state index contributed by atoms with van der Waals surface area (Å²) in [6.07, 6.45) is 5.47. The Balaban J connectivity index is 2.19. The molecule has 2 heterocycles. The van der Waals surface area contributed by atoms with Gasteiger partial charge in [0.25, 0.3) is 10.0 Å². The summed E-state index contributed by atoms with van der Waals surface area (Å²) < 4.78 is 28.9. The molecule has 120 valence electrons. The first-order valence-corrected chi connectivity index (χ1v) is 9.17. The molecular formula is C14H26N4O2S. The van der Waals surface area contributed by atoms with Gasteiger partial charge < -0.3 is 10.3 Å². The van der Waals surface area contributed by atoms with Crippen molar-refractivity contribution in [2.75, 3.05) is 19.6 Å². The molecule has 1 aromatic heterocycles. The van der Waals surface area contributed by atoms with Gasteiger partial charge in [-0.1, -0.05) is 6.92 Å². The fourth-order valence-corrected chi connectivity index (χ4v) is 4.47. The number of nitrogens with zero attached hydrogens (tertiary/aromatic N) is 3. The van der Waals surface area contributed by atoms with Gasteiger partial charge in [-0.2, -0.15) is 4.31 Å². The van der Waals surface area contributed by atoms with Crippen LogP contribution in [-0.2, 0) is 16.6 Å². The monoisotopic (exact) mass is 314 g/mol. The number of nitrogens with two attached hydrogens (primary N) is 1. The Bertz CT molecular complexity index is 566. The van der Waals surface area contributed by atoms with E-state index in [2.05, 4.69) is 11.9 Å². The summed E-state index contributed by atoms with van der Waals surface area (Å²) in [5.41, 5.74) is 5.60. The molecule has 0 aliphatic carbocycles. The molecule has 0 amide bonds. The van der Waals surface area contributed by atoms with E-state index in [4.69, 9.17) is 5.73 Å². The third-order valence-corrected chi connectivity index (χ3v) is 5.82. The zero-order chi connectivity index (χ0) is 15.5. The summed E-state index contributed by atoms with van der Waals surface area (Å²) in [6, 6.07) is 0. The highest BCUT2D eigenvalue weighted by Gasteiger charge is 2.31. The Morgan fingerprint density at radius 1 is 1.48 bits per heavy atom. The Hall–Kier alpha value is -0.920. The standard InChI is InChI=1S/C14H26N4O2S/c1-3-8-17-11-14(16-12(17)2)21(19,20)18-9-4-5-13(10-18)6-7-15/h11,13H,3-10,15H2,1-2H3. The van der Waals surface area contributed by atoms with E-state index in [0.29, 0.717) is 25.6 Å². The highest BCUT2D eigenvalue weighted by Crippen LogP contribution is 2.25. The van der Waals surface area contributed by atoms with Crippen molar-refractivity contribution in [3.05, 3.63) is 12.0 Å². The Morgan fingerprint density at radius 3 is 2.90 bits per heavy atom. The number of hydrogen-bond donors (Lipinski definition) is 1. The Kier molecular flexibility index (Phi) is 5.40. The average molecular weight is 314 g/mol. The van der Waals surface area contributed by atoms with E-state index in [1.165, 1.54) is 0 Å². The van der Waals surface area contributed by atoms with Gasteiger partial charge in [-0.15, -0.1) is 0 Å². The van der Waals surface area contributed by atoms with E-state index in [0.717, 1.165) is 38.1 Å². The average Bonchev–Trinajstić information content (AvgIpc) is 2.82. The van der Waals surface area contributed by atoms with Crippen LogP contribution in [0.3, 0.4) is 0 Å². The summed E-state index contributed by atoms with van der Waals surface area (Å²) in [4.78, 5) is 4.26. The molecule has 1 aromatic rings. The molecule has 2 rings (SSSR count). The fraction of sp³-hybridized carbons (Fsp3) is 0.786. The second-order valence-electron chi connectivity index (χ2n) is 5.77. The Morgan fingerprint density at radius 2 is 2.24 bits per heavy atom. The predicted molar refractivity (Wildman–Crippen MR) is 82.4 cm³/mol. The van der Waals surface area contributed by atoms with Gasteiger partial charge in [-0.3, -0.25) is 0 Å². The summed E-state index contributed by atoms with van der Waals surface area (Å²) in [6.45, 7) is 6.48. The molecule has 0 spiro atoms. The van der Waals surface area contributed by atoms with E-state index in [9.17, 15) is 8.42 Å². The van der Waals surface area contributed by atoms with Gasteiger partial charge in [-0.05, 0) is 45.1 Å². The zero-order valence-electron chi connectivity index (χ0n) is 13.0. The van der Waals surface area contributed by atoms with Crippen LogP contribution in [0.5, 0.6) is 0 Å². The topological polar surface area (TPSA) is 81.2 Å².